The minimum Gasteiger partial charge on any atom is -0.360 e. The van der Waals surface area contributed by atoms with Gasteiger partial charge in [0, 0.05) is 17.6 Å². The zero-order valence-electron chi connectivity index (χ0n) is 12.6. The highest BCUT2D eigenvalue weighted by molar-refractivity contribution is 6.07. The van der Waals surface area contributed by atoms with Crippen molar-refractivity contribution in [2.45, 2.75) is 13.8 Å². The number of benzene rings is 2. The van der Waals surface area contributed by atoms with Crippen LogP contribution in [0.15, 0.2) is 60.3 Å². The molecular weight excluding hydrogens is 274 g/mol. The van der Waals surface area contributed by atoms with Crippen LogP contribution in [-0.4, -0.2) is 5.91 Å². The van der Waals surface area contributed by atoms with Crippen LogP contribution in [0, 0.1) is 25.2 Å². The lowest BCUT2D eigenvalue weighted by Gasteiger charge is -2.08. The Morgan fingerprint density at radius 1 is 1.14 bits per heavy atom. The fourth-order valence-corrected chi connectivity index (χ4v) is 1.94. The summed E-state index contributed by atoms with van der Waals surface area (Å²) in [6, 6.07) is 17.0. The maximum absolute atomic E-state index is 12.1. The summed E-state index contributed by atoms with van der Waals surface area (Å²) < 4.78 is 0. The third-order valence-electron chi connectivity index (χ3n) is 3.16. The van der Waals surface area contributed by atoms with Crippen LogP contribution in [0.3, 0.4) is 0 Å². The first kappa shape index (κ1) is 15.3. The van der Waals surface area contributed by atoms with Gasteiger partial charge >= 0.3 is 0 Å². The number of hydrogen-bond acceptors (Lipinski definition) is 3. The van der Waals surface area contributed by atoms with Crippen LogP contribution in [0.4, 0.5) is 11.4 Å². The Balaban J connectivity index is 2.11. The van der Waals surface area contributed by atoms with Gasteiger partial charge in [0.1, 0.15) is 11.6 Å². The summed E-state index contributed by atoms with van der Waals surface area (Å²) in [5.74, 6) is -0.433. The van der Waals surface area contributed by atoms with Crippen LogP contribution in [0.2, 0.25) is 0 Å². The normalized spacial score (nSPS) is 10.7. The summed E-state index contributed by atoms with van der Waals surface area (Å²) in [7, 11) is 0. The number of carbonyl (C=O) groups excluding carboxylic acids is 1. The molecule has 0 aromatic heterocycles. The number of nitrogens with zero attached hydrogens (tertiary/aromatic N) is 1. The van der Waals surface area contributed by atoms with Crippen molar-refractivity contribution in [1.82, 2.24) is 0 Å². The second-order valence-corrected chi connectivity index (χ2v) is 4.95. The van der Waals surface area contributed by atoms with E-state index >= 15 is 0 Å². The Kier molecular flexibility index (Phi) is 4.94. The van der Waals surface area contributed by atoms with E-state index in [-0.39, 0.29) is 5.57 Å². The molecule has 0 aliphatic heterocycles. The van der Waals surface area contributed by atoms with Crippen molar-refractivity contribution >= 4 is 17.3 Å². The van der Waals surface area contributed by atoms with Crippen molar-refractivity contribution in [2.75, 3.05) is 10.6 Å². The summed E-state index contributed by atoms with van der Waals surface area (Å²) in [5, 5.41) is 14.9. The lowest BCUT2D eigenvalue weighted by atomic mass is 10.2. The van der Waals surface area contributed by atoms with E-state index in [1.54, 1.807) is 6.07 Å². The zero-order valence-corrected chi connectivity index (χ0v) is 12.6. The molecule has 2 rings (SSSR count). The summed E-state index contributed by atoms with van der Waals surface area (Å²) >= 11 is 0. The first-order valence-corrected chi connectivity index (χ1v) is 6.90. The molecule has 0 heterocycles. The number of nitrogens with one attached hydrogen (secondary N) is 2. The van der Waals surface area contributed by atoms with E-state index in [0.29, 0.717) is 5.69 Å². The van der Waals surface area contributed by atoms with Crippen molar-refractivity contribution in [2.24, 2.45) is 0 Å². The molecule has 4 heteroatoms. The van der Waals surface area contributed by atoms with Crippen LogP contribution in [-0.2, 0) is 4.79 Å². The Hall–Kier alpha value is -3.06. The number of hydrogen-bond donors (Lipinski definition) is 2. The van der Waals surface area contributed by atoms with Gasteiger partial charge in [-0.3, -0.25) is 4.79 Å². The highest BCUT2D eigenvalue weighted by Gasteiger charge is 2.10. The Morgan fingerprint density at radius 2 is 1.91 bits per heavy atom. The minimum absolute atomic E-state index is 0.0183. The predicted octanol–water partition coefficient (Wildman–Crippen LogP) is 3.76. The molecule has 0 unspecified atom stereocenters. The topological polar surface area (TPSA) is 64.9 Å². The van der Waals surface area contributed by atoms with Gasteiger partial charge in [0.15, 0.2) is 0 Å². The first-order valence-electron chi connectivity index (χ1n) is 6.90. The second-order valence-electron chi connectivity index (χ2n) is 4.95. The number of aryl methyl sites for hydroxylation is 2. The molecule has 0 aliphatic carbocycles. The van der Waals surface area contributed by atoms with Gasteiger partial charge in [-0.25, -0.2) is 0 Å². The number of amides is 1. The van der Waals surface area contributed by atoms with Gasteiger partial charge in [0.05, 0.1) is 0 Å². The summed E-state index contributed by atoms with van der Waals surface area (Å²) in [6.07, 6.45) is 1.42. The van der Waals surface area contributed by atoms with Crippen molar-refractivity contribution in [1.29, 1.82) is 5.26 Å². The van der Waals surface area contributed by atoms with E-state index in [0.717, 1.165) is 16.8 Å². The predicted molar refractivity (Wildman–Crippen MR) is 88.3 cm³/mol. The smallest absolute Gasteiger partial charge is 0.267 e. The van der Waals surface area contributed by atoms with E-state index < -0.39 is 5.91 Å². The fourth-order valence-electron chi connectivity index (χ4n) is 1.94. The van der Waals surface area contributed by atoms with Gasteiger partial charge in [-0.05, 0) is 43.2 Å². The van der Waals surface area contributed by atoms with Crippen LogP contribution in [0.25, 0.3) is 0 Å². The SMILES string of the molecule is Cc1cccc(N/C=C(/C#N)C(=O)Nc2ccccc2C)c1. The van der Waals surface area contributed by atoms with Crippen LogP contribution < -0.4 is 10.6 Å². The van der Waals surface area contributed by atoms with Gasteiger partial charge in [0.2, 0.25) is 0 Å². The largest absolute Gasteiger partial charge is 0.360 e. The molecule has 1 amide bonds. The molecule has 0 bridgehead atoms. The molecule has 0 radical (unpaired) electrons. The standard InChI is InChI=1S/C18H17N3O/c1-13-6-5-8-16(10-13)20-12-15(11-19)18(22)21-17-9-4-3-7-14(17)2/h3-10,12,20H,1-2H3,(H,21,22)/b15-12-. The van der Waals surface area contributed by atoms with E-state index in [9.17, 15) is 4.79 Å². The Labute approximate surface area is 130 Å². The molecule has 110 valence electrons. The number of anilines is 2. The summed E-state index contributed by atoms with van der Waals surface area (Å²) in [4.78, 5) is 12.1. The van der Waals surface area contributed by atoms with Gasteiger partial charge in [0.25, 0.3) is 5.91 Å². The monoisotopic (exact) mass is 291 g/mol. The van der Waals surface area contributed by atoms with E-state index in [2.05, 4.69) is 10.6 Å². The molecular formula is C18H17N3O. The molecule has 0 saturated carbocycles. The van der Waals surface area contributed by atoms with Crippen LogP contribution >= 0.6 is 0 Å². The van der Waals surface area contributed by atoms with Crippen molar-refractivity contribution in [3.63, 3.8) is 0 Å². The number of carbonyl (C=O) groups is 1. The summed E-state index contributed by atoms with van der Waals surface area (Å²) in [6.45, 7) is 3.88. The molecule has 0 fully saturated rings. The van der Waals surface area contributed by atoms with Gasteiger partial charge < -0.3 is 10.6 Å². The third-order valence-corrected chi connectivity index (χ3v) is 3.16. The molecule has 2 aromatic carbocycles. The zero-order chi connectivity index (χ0) is 15.9. The van der Waals surface area contributed by atoms with Gasteiger partial charge in [-0.1, -0.05) is 30.3 Å². The lowest BCUT2D eigenvalue weighted by Crippen LogP contribution is -2.15. The van der Waals surface area contributed by atoms with Gasteiger partial charge in [-0.2, -0.15) is 5.26 Å². The van der Waals surface area contributed by atoms with Crippen molar-refractivity contribution in [3.8, 4) is 6.07 Å². The number of rotatable bonds is 4. The molecule has 0 spiro atoms. The molecule has 0 saturated heterocycles. The van der Waals surface area contributed by atoms with Gasteiger partial charge in [-0.15, -0.1) is 0 Å². The molecule has 2 N–H and O–H groups in total. The fraction of sp³-hybridized carbons (Fsp3) is 0.111. The maximum atomic E-state index is 12.1. The first-order chi connectivity index (χ1) is 10.6. The van der Waals surface area contributed by atoms with Crippen LogP contribution in [0.5, 0.6) is 0 Å². The average molecular weight is 291 g/mol. The average Bonchev–Trinajstić information content (AvgIpc) is 2.50. The Morgan fingerprint density at radius 3 is 2.59 bits per heavy atom. The second kappa shape index (κ2) is 7.09. The molecule has 4 nitrogen and oxygen atoms in total. The highest BCUT2D eigenvalue weighted by atomic mass is 16.1. The molecule has 2 aromatic rings. The lowest BCUT2D eigenvalue weighted by molar-refractivity contribution is -0.112. The third kappa shape index (κ3) is 3.97. The van der Waals surface area contributed by atoms with Crippen LogP contribution in [0.1, 0.15) is 11.1 Å². The minimum atomic E-state index is -0.433. The van der Waals surface area contributed by atoms with E-state index in [4.69, 9.17) is 5.26 Å². The molecule has 0 aliphatic rings. The number of nitriles is 1. The Bertz CT molecular complexity index is 757. The molecule has 0 atom stereocenters. The van der Waals surface area contributed by atoms with Crippen molar-refractivity contribution < 1.29 is 4.79 Å². The summed E-state index contributed by atoms with van der Waals surface area (Å²) in [5.41, 5.74) is 3.59. The number of para-hydroxylation sites is 1. The maximum Gasteiger partial charge on any atom is 0.267 e. The van der Waals surface area contributed by atoms with E-state index in [1.165, 1.54) is 6.20 Å². The highest BCUT2D eigenvalue weighted by Crippen LogP contribution is 2.15. The van der Waals surface area contributed by atoms with Crippen molar-refractivity contribution in [3.05, 3.63) is 71.4 Å². The molecule has 22 heavy (non-hydrogen) atoms. The van der Waals surface area contributed by atoms with E-state index in [1.807, 2.05) is 62.4 Å². The quantitative estimate of drug-likeness (QED) is 0.666.